The van der Waals surface area contributed by atoms with Crippen molar-refractivity contribution in [3.05, 3.63) is 178 Å². The zero-order chi connectivity index (χ0) is 41.0. The molecule has 0 aliphatic heterocycles. The minimum atomic E-state index is 0.735. The molecule has 4 heteroatoms. The minimum absolute atomic E-state index is 0.735. The van der Waals surface area contributed by atoms with Gasteiger partial charge in [-0.2, -0.15) is 0 Å². The summed E-state index contributed by atoms with van der Waals surface area (Å²) in [4.78, 5) is 4.56. The summed E-state index contributed by atoms with van der Waals surface area (Å²) in [7, 11) is 0. The highest BCUT2D eigenvalue weighted by Crippen LogP contribution is 2.37. The highest BCUT2D eigenvalue weighted by molar-refractivity contribution is 6.31. The summed E-state index contributed by atoms with van der Waals surface area (Å²) >= 11 is 12.2. The van der Waals surface area contributed by atoms with E-state index in [0.29, 0.717) is 0 Å². The van der Waals surface area contributed by atoms with Crippen molar-refractivity contribution >= 4 is 57.3 Å². The summed E-state index contributed by atoms with van der Waals surface area (Å²) in [5, 5.41) is 1.47. The van der Waals surface area contributed by atoms with Crippen LogP contribution in [-0.4, -0.2) is 0 Å². The molecule has 0 saturated heterocycles. The Labute approximate surface area is 360 Å². The molecule has 0 spiro atoms. The molecule has 0 saturated carbocycles. The second-order valence-corrected chi connectivity index (χ2v) is 16.5. The summed E-state index contributed by atoms with van der Waals surface area (Å²) < 4.78 is 0. The lowest BCUT2D eigenvalue weighted by Crippen LogP contribution is -2.10. The first-order valence-electron chi connectivity index (χ1n) is 21.8. The number of halogens is 2. The topological polar surface area (TPSA) is 6.48 Å². The van der Waals surface area contributed by atoms with Crippen molar-refractivity contribution in [1.29, 1.82) is 0 Å². The number of anilines is 6. The van der Waals surface area contributed by atoms with E-state index in [2.05, 4.69) is 135 Å². The monoisotopic (exact) mass is 810 g/mol. The van der Waals surface area contributed by atoms with E-state index in [1.165, 1.54) is 123 Å². The molecule has 0 aliphatic carbocycles. The van der Waals surface area contributed by atoms with Crippen molar-refractivity contribution in [2.75, 3.05) is 9.80 Å². The molecule has 2 nitrogen and oxygen atoms in total. The molecule has 0 fully saturated rings. The average molecular weight is 812 g/mol. The van der Waals surface area contributed by atoms with Crippen LogP contribution in [0.15, 0.2) is 146 Å². The van der Waals surface area contributed by atoms with Crippen LogP contribution in [0.2, 0.25) is 10.0 Å². The van der Waals surface area contributed by atoms with Gasteiger partial charge in [-0.05, 0) is 148 Å². The third-order valence-corrected chi connectivity index (χ3v) is 11.3. The maximum absolute atomic E-state index is 6.10. The highest BCUT2D eigenvalue weighted by atomic mass is 35.5. The van der Waals surface area contributed by atoms with E-state index in [4.69, 9.17) is 23.2 Å². The van der Waals surface area contributed by atoms with Crippen molar-refractivity contribution in [1.82, 2.24) is 0 Å². The Morgan fingerprint density at radius 3 is 0.845 bits per heavy atom. The molecule has 304 valence electrons. The van der Waals surface area contributed by atoms with Crippen LogP contribution in [0.1, 0.15) is 113 Å². The highest BCUT2D eigenvalue weighted by Gasteiger charge is 2.14. The van der Waals surface area contributed by atoms with Crippen LogP contribution in [0, 0.1) is 13.8 Å². The van der Waals surface area contributed by atoms with Crippen molar-refractivity contribution in [3.63, 3.8) is 0 Å². The van der Waals surface area contributed by atoms with Gasteiger partial charge in [-0.1, -0.05) is 161 Å². The summed E-state index contributed by atoms with van der Waals surface area (Å²) in [6.07, 6.45) is 18.4. The van der Waals surface area contributed by atoms with E-state index < -0.39 is 0 Å². The molecular weight excluding hydrogens is 748 g/mol. The molecule has 0 N–H and O–H groups in total. The number of rotatable bonds is 20. The minimum Gasteiger partial charge on any atom is -0.311 e. The Balaban J connectivity index is 0.000000221. The summed E-state index contributed by atoms with van der Waals surface area (Å²) in [6, 6.07) is 51.5. The summed E-state index contributed by atoms with van der Waals surface area (Å²) in [6.45, 7) is 8.81. The van der Waals surface area contributed by atoms with E-state index in [1.54, 1.807) is 0 Å². The lowest BCUT2D eigenvalue weighted by Gasteiger charge is -2.26. The Morgan fingerprint density at radius 2 is 0.552 bits per heavy atom. The number of aryl methyl sites for hydroxylation is 4. The Hall–Kier alpha value is -4.50. The van der Waals surface area contributed by atoms with Crippen LogP contribution < -0.4 is 9.80 Å². The molecule has 0 aliphatic rings. The van der Waals surface area contributed by atoms with E-state index in [1.807, 2.05) is 48.5 Å². The van der Waals surface area contributed by atoms with Crippen LogP contribution in [-0.2, 0) is 12.8 Å². The van der Waals surface area contributed by atoms with Crippen LogP contribution in [0.4, 0.5) is 34.1 Å². The van der Waals surface area contributed by atoms with E-state index in [9.17, 15) is 0 Å². The molecule has 0 amide bonds. The Kier molecular flexibility index (Phi) is 18.8. The first-order valence-corrected chi connectivity index (χ1v) is 22.5. The lowest BCUT2D eigenvalue weighted by atomic mass is 10.0. The largest absolute Gasteiger partial charge is 0.311 e. The first-order chi connectivity index (χ1) is 28.3. The molecule has 0 aromatic heterocycles. The van der Waals surface area contributed by atoms with Crippen molar-refractivity contribution in [2.24, 2.45) is 0 Å². The molecule has 0 heterocycles. The van der Waals surface area contributed by atoms with Crippen LogP contribution in [0.3, 0.4) is 0 Å². The van der Waals surface area contributed by atoms with Gasteiger partial charge < -0.3 is 9.80 Å². The molecule has 0 radical (unpaired) electrons. The van der Waals surface area contributed by atoms with Crippen molar-refractivity contribution in [3.8, 4) is 0 Å². The van der Waals surface area contributed by atoms with Gasteiger partial charge in [0.25, 0.3) is 0 Å². The van der Waals surface area contributed by atoms with Gasteiger partial charge in [0.05, 0.1) is 0 Å². The maximum Gasteiger partial charge on any atom is 0.0462 e. The Bertz CT molecular complexity index is 1760. The van der Waals surface area contributed by atoms with Gasteiger partial charge in [0.15, 0.2) is 0 Å². The zero-order valence-electron chi connectivity index (χ0n) is 35.4. The lowest BCUT2D eigenvalue weighted by molar-refractivity contribution is 0.607. The molecule has 0 bridgehead atoms. The standard InChI is InChI=1S/C28H35N.C26H29Cl2N/c1-4-5-6-7-8-9-10-25-15-21-28(22-16-25)29(26-17-11-23(2)12-18-26)27-19-13-24(3)14-20-27;1-2-3-4-5-6-7-8-21-9-15-24(16-10-21)29(25-17-11-22(27)12-18-25)26-19-13-23(28)14-20-26/h11-22H,4-10H2,1-3H3;9-20H,2-8H2,1H3. The second kappa shape index (κ2) is 24.4. The predicted molar refractivity (Wildman–Crippen MR) is 256 cm³/mol. The molecule has 0 atom stereocenters. The number of nitrogens with zero attached hydrogens (tertiary/aromatic N) is 2. The van der Waals surface area contributed by atoms with Crippen LogP contribution in [0.25, 0.3) is 0 Å². The molecular formula is C54H64Cl2N2. The third-order valence-electron chi connectivity index (χ3n) is 10.8. The summed E-state index contributed by atoms with van der Waals surface area (Å²) in [5.41, 5.74) is 12.3. The van der Waals surface area contributed by atoms with Crippen molar-refractivity contribution < 1.29 is 0 Å². The van der Waals surface area contributed by atoms with Gasteiger partial charge in [0, 0.05) is 44.2 Å². The fourth-order valence-corrected chi connectivity index (χ4v) is 7.56. The number of unbranched alkanes of at least 4 members (excludes halogenated alkanes) is 10. The van der Waals surface area contributed by atoms with Crippen LogP contribution >= 0.6 is 23.2 Å². The molecule has 0 unspecified atom stereocenters. The van der Waals surface area contributed by atoms with Gasteiger partial charge >= 0.3 is 0 Å². The molecule has 6 aromatic carbocycles. The molecule has 58 heavy (non-hydrogen) atoms. The first kappa shape index (κ1) is 44.6. The fraction of sp³-hybridized carbons (Fsp3) is 0.333. The van der Waals surface area contributed by atoms with E-state index >= 15 is 0 Å². The van der Waals surface area contributed by atoms with Crippen molar-refractivity contribution in [2.45, 2.75) is 118 Å². The molecule has 6 aromatic rings. The Morgan fingerprint density at radius 1 is 0.310 bits per heavy atom. The SMILES string of the molecule is CCCCCCCCc1ccc(N(c2ccc(C)cc2)c2ccc(C)cc2)cc1.CCCCCCCCc1ccc(N(c2ccc(Cl)cc2)c2ccc(Cl)cc2)cc1. The smallest absolute Gasteiger partial charge is 0.0462 e. The maximum atomic E-state index is 6.10. The summed E-state index contributed by atoms with van der Waals surface area (Å²) in [5.74, 6) is 0. The quantitative estimate of drug-likeness (QED) is 0.0709. The zero-order valence-corrected chi connectivity index (χ0v) is 36.9. The van der Waals surface area contributed by atoms with E-state index in [-0.39, 0.29) is 0 Å². The van der Waals surface area contributed by atoms with Gasteiger partial charge in [0.2, 0.25) is 0 Å². The third kappa shape index (κ3) is 14.4. The second-order valence-electron chi connectivity index (χ2n) is 15.7. The van der Waals surface area contributed by atoms with Crippen LogP contribution in [0.5, 0.6) is 0 Å². The van der Waals surface area contributed by atoms with Gasteiger partial charge in [-0.3, -0.25) is 0 Å². The number of hydrogen-bond acceptors (Lipinski definition) is 2. The number of benzene rings is 6. The number of hydrogen-bond donors (Lipinski definition) is 0. The average Bonchev–Trinajstić information content (AvgIpc) is 3.25. The fourth-order valence-electron chi connectivity index (χ4n) is 7.30. The normalized spacial score (nSPS) is 10.9. The van der Waals surface area contributed by atoms with Gasteiger partial charge in [0.1, 0.15) is 0 Å². The van der Waals surface area contributed by atoms with E-state index in [0.717, 1.165) is 33.5 Å². The predicted octanol–water partition coefficient (Wildman–Crippen LogP) is 18.0. The van der Waals surface area contributed by atoms with Gasteiger partial charge in [-0.25, -0.2) is 0 Å². The van der Waals surface area contributed by atoms with Gasteiger partial charge in [-0.15, -0.1) is 0 Å². The molecule has 6 rings (SSSR count).